The number of halogens is 1. The van der Waals surface area contributed by atoms with Gasteiger partial charge in [-0.1, -0.05) is 18.5 Å². The van der Waals surface area contributed by atoms with Crippen molar-refractivity contribution in [3.05, 3.63) is 41.4 Å². The van der Waals surface area contributed by atoms with E-state index in [1.807, 2.05) is 30.7 Å². The predicted molar refractivity (Wildman–Crippen MR) is 84.6 cm³/mol. The third-order valence-corrected chi connectivity index (χ3v) is 4.67. The van der Waals surface area contributed by atoms with Crippen molar-refractivity contribution in [1.82, 2.24) is 14.9 Å². The lowest BCUT2D eigenvalue weighted by molar-refractivity contribution is 0.324. The molecule has 0 bridgehead atoms. The lowest BCUT2D eigenvalue weighted by Gasteiger charge is -2.34. The molecule has 2 aromatic rings. The molecule has 1 aromatic heterocycles. The van der Waals surface area contributed by atoms with Crippen LogP contribution in [0.25, 0.3) is 5.69 Å². The number of hydrogen-bond acceptors (Lipinski definition) is 3. The van der Waals surface area contributed by atoms with Gasteiger partial charge in [0.2, 0.25) is 0 Å². The molecule has 1 fully saturated rings. The number of nitrogens with zero attached hydrogens (tertiary/aromatic N) is 2. The Hall–Kier alpha value is -1.52. The zero-order chi connectivity index (χ0) is 14.9. The highest BCUT2D eigenvalue weighted by Gasteiger charge is 2.32. The molecule has 1 N–H and O–H groups in total. The van der Waals surface area contributed by atoms with Gasteiger partial charge < -0.3 is 14.6 Å². The van der Waals surface area contributed by atoms with Crippen molar-refractivity contribution in [2.45, 2.75) is 25.2 Å². The van der Waals surface area contributed by atoms with Crippen LogP contribution < -0.4 is 10.1 Å². The number of ether oxygens (including phenoxy) is 1. The second-order valence-electron chi connectivity index (χ2n) is 5.78. The molecule has 2 heterocycles. The maximum atomic E-state index is 6.25. The molecule has 4 nitrogen and oxygen atoms in total. The number of aromatic nitrogens is 2. The minimum Gasteiger partial charge on any atom is -0.495 e. The van der Waals surface area contributed by atoms with Crippen LogP contribution in [0.4, 0.5) is 0 Å². The summed E-state index contributed by atoms with van der Waals surface area (Å²) in [7, 11) is 1.62. The van der Waals surface area contributed by atoms with Crippen LogP contribution in [0.3, 0.4) is 0 Å². The maximum absolute atomic E-state index is 6.25. The van der Waals surface area contributed by atoms with E-state index in [2.05, 4.69) is 21.8 Å². The second-order valence-corrected chi connectivity index (χ2v) is 6.19. The largest absolute Gasteiger partial charge is 0.495 e. The molecule has 0 radical (unpaired) electrons. The van der Waals surface area contributed by atoms with Crippen molar-refractivity contribution in [2.75, 3.05) is 20.2 Å². The number of rotatable bonds is 3. The summed E-state index contributed by atoms with van der Waals surface area (Å²) >= 11 is 6.25. The molecule has 1 aliphatic heterocycles. The van der Waals surface area contributed by atoms with E-state index in [-0.39, 0.29) is 5.41 Å². The van der Waals surface area contributed by atoms with Crippen molar-refractivity contribution in [1.29, 1.82) is 0 Å². The molecule has 5 heteroatoms. The van der Waals surface area contributed by atoms with E-state index in [0.717, 1.165) is 31.6 Å². The highest BCUT2D eigenvalue weighted by Crippen LogP contribution is 2.35. The summed E-state index contributed by atoms with van der Waals surface area (Å²) in [6.45, 7) is 4.41. The van der Waals surface area contributed by atoms with E-state index in [0.29, 0.717) is 10.8 Å². The fourth-order valence-corrected chi connectivity index (χ4v) is 3.24. The summed E-state index contributed by atoms with van der Waals surface area (Å²) in [6.07, 6.45) is 6.06. The van der Waals surface area contributed by atoms with Gasteiger partial charge in [-0.05, 0) is 44.1 Å². The lowest BCUT2D eigenvalue weighted by atomic mass is 9.78. The van der Waals surface area contributed by atoms with E-state index in [9.17, 15) is 0 Å². The molecular formula is C16H20ClN3O. The van der Waals surface area contributed by atoms with Crippen LogP contribution >= 0.6 is 11.6 Å². The second kappa shape index (κ2) is 5.70. The summed E-state index contributed by atoms with van der Waals surface area (Å²) in [5.41, 5.74) is 2.41. The fraction of sp³-hybridized carbons (Fsp3) is 0.438. The Kier molecular flexibility index (Phi) is 3.91. The van der Waals surface area contributed by atoms with Crippen LogP contribution in [0, 0.1) is 0 Å². The Morgan fingerprint density at radius 1 is 1.33 bits per heavy atom. The van der Waals surface area contributed by atoms with Crippen molar-refractivity contribution in [2.24, 2.45) is 0 Å². The van der Waals surface area contributed by atoms with Crippen LogP contribution in [0.15, 0.2) is 30.7 Å². The van der Waals surface area contributed by atoms with Gasteiger partial charge in [0.1, 0.15) is 5.75 Å². The number of piperidine rings is 1. The van der Waals surface area contributed by atoms with Crippen LogP contribution in [-0.2, 0) is 5.41 Å². The average molecular weight is 306 g/mol. The van der Waals surface area contributed by atoms with Gasteiger partial charge in [-0.2, -0.15) is 0 Å². The fourth-order valence-electron chi connectivity index (χ4n) is 2.99. The van der Waals surface area contributed by atoms with Crippen molar-refractivity contribution in [3.63, 3.8) is 0 Å². The van der Waals surface area contributed by atoms with Gasteiger partial charge in [0, 0.05) is 23.0 Å². The molecule has 0 amide bonds. The molecule has 112 valence electrons. The first-order valence-corrected chi connectivity index (χ1v) is 7.59. The number of methoxy groups -OCH3 is 1. The number of nitrogens with one attached hydrogen (secondary N) is 1. The van der Waals surface area contributed by atoms with Crippen LogP contribution in [-0.4, -0.2) is 29.8 Å². The van der Waals surface area contributed by atoms with Crippen LogP contribution in [0.5, 0.6) is 5.75 Å². The minimum atomic E-state index is 0.147. The third-order valence-electron chi connectivity index (χ3n) is 4.38. The van der Waals surface area contributed by atoms with Gasteiger partial charge in [0.15, 0.2) is 0 Å². The van der Waals surface area contributed by atoms with Crippen molar-refractivity contribution >= 4 is 11.6 Å². The van der Waals surface area contributed by atoms with Gasteiger partial charge in [-0.3, -0.25) is 0 Å². The molecule has 0 saturated carbocycles. The third kappa shape index (κ3) is 2.65. The first kappa shape index (κ1) is 14.4. The van der Waals surface area contributed by atoms with Gasteiger partial charge in [0.25, 0.3) is 0 Å². The first-order valence-electron chi connectivity index (χ1n) is 7.21. The standard InChI is InChI=1S/C16H20ClN3O/c1-16(5-7-18-8-6-16)15-10-19-11-20(15)12-3-4-14(21-2)13(17)9-12/h3-4,9-11,18H,5-8H2,1-2H3. The van der Waals surface area contributed by atoms with E-state index >= 15 is 0 Å². The quantitative estimate of drug-likeness (QED) is 0.946. The number of hydrogen-bond donors (Lipinski definition) is 1. The molecular weight excluding hydrogens is 286 g/mol. The summed E-state index contributed by atoms with van der Waals surface area (Å²) in [6, 6.07) is 5.84. The molecule has 0 aliphatic carbocycles. The Bertz CT molecular complexity index is 632. The molecule has 21 heavy (non-hydrogen) atoms. The van der Waals surface area contributed by atoms with E-state index < -0.39 is 0 Å². The molecule has 0 atom stereocenters. The topological polar surface area (TPSA) is 39.1 Å². The molecule has 1 saturated heterocycles. The number of imidazole rings is 1. The Morgan fingerprint density at radius 2 is 2.10 bits per heavy atom. The zero-order valence-corrected chi connectivity index (χ0v) is 13.2. The van der Waals surface area contributed by atoms with Gasteiger partial charge in [-0.15, -0.1) is 0 Å². The number of benzene rings is 1. The van der Waals surface area contributed by atoms with Crippen LogP contribution in [0.1, 0.15) is 25.5 Å². The molecule has 0 spiro atoms. The van der Waals surface area contributed by atoms with E-state index in [1.54, 1.807) is 7.11 Å². The summed E-state index contributed by atoms with van der Waals surface area (Å²) in [5, 5.41) is 4.03. The van der Waals surface area contributed by atoms with Gasteiger partial charge >= 0.3 is 0 Å². The van der Waals surface area contributed by atoms with E-state index in [4.69, 9.17) is 16.3 Å². The van der Waals surface area contributed by atoms with Gasteiger partial charge in [-0.25, -0.2) is 4.98 Å². The lowest BCUT2D eigenvalue weighted by Crippen LogP contribution is -2.38. The Morgan fingerprint density at radius 3 is 2.76 bits per heavy atom. The zero-order valence-electron chi connectivity index (χ0n) is 12.4. The summed E-state index contributed by atoms with van der Waals surface area (Å²) < 4.78 is 7.35. The highest BCUT2D eigenvalue weighted by molar-refractivity contribution is 6.32. The molecule has 3 rings (SSSR count). The van der Waals surface area contributed by atoms with Crippen molar-refractivity contribution in [3.8, 4) is 11.4 Å². The maximum Gasteiger partial charge on any atom is 0.137 e. The van der Waals surface area contributed by atoms with Gasteiger partial charge in [0.05, 0.1) is 18.5 Å². The highest BCUT2D eigenvalue weighted by atomic mass is 35.5. The van der Waals surface area contributed by atoms with Crippen LogP contribution in [0.2, 0.25) is 5.02 Å². The normalized spacial score (nSPS) is 17.7. The van der Waals surface area contributed by atoms with Crippen molar-refractivity contribution < 1.29 is 4.74 Å². The monoisotopic (exact) mass is 305 g/mol. The Labute approximate surface area is 130 Å². The summed E-state index contributed by atoms with van der Waals surface area (Å²) in [4.78, 5) is 4.36. The minimum absolute atomic E-state index is 0.147. The predicted octanol–water partition coefficient (Wildman–Crippen LogP) is 3.18. The molecule has 1 aliphatic rings. The molecule has 1 aromatic carbocycles. The smallest absolute Gasteiger partial charge is 0.137 e. The SMILES string of the molecule is COc1ccc(-n2cncc2C2(C)CCNCC2)cc1Cl. The average Bonchev–Trinajstić information content (AvgIpc) is 2.98. The first-order chi connectivity index (χ1) is 10.1. The summed E-state index contributed by atoms with van der Waals surface area (Å²) in [5.74, 6) is 0.690. The molecule has 0 unspecified atom stereocenters. The van der Waals surface area contributed by atoms with E-state index in [1.165, 1.54) is 5.69 Å². The Balaban J connectivity index is 2.00.